The van der Waals surface area contributed by atoms with Crippen LogP contribution in [-0.4, -0.2) is 60.3 Å². The molecule has 1 aromatic rings. The molecule has 1 heterocycles. The number of rotatable bonds is 6. The number of benzene rings is 1. The number of halogens is 3. The Morgan fingerprint density at radius 2 is 1.80 bits per heavy atom. The summed E-state index contributed by atoms with van der Waals surface area (Å²) in [4.78, 5) is 28.4. The molecule has 2 aliphatic rings. The van der Waals surface area contributed by atoms with E-state index in [2.05, 4.69) is 10.2 Å². The number of nitrogen functional groups attached to an aromatic ring is 1. The summed E-state index contributed by atoms with van der Waals surface area (Å²) >= 11 is 6.05. The van der Waals surface area contributed by atoms with E-state index in [4.69, 9.17) is 17.3 Å². The number of hydrogen-bond acceptors (Lipinski definition) is 4. The Morgan fingerprint density at radius 1 is 1.13 bits per heavy atom. The third kappa shape index (κ3) is 6.80. The lowest BCUT2D eigenvalue weighted by atomic mass is 9.84. The third-order valence-corrected chi connectivity index (χ3v) is 6.08. The van der Waals surface area contributed by atoms with Gasteiger partial charge in [0.2, 0.25) is 17.7 Å². The first-order valence-corrected chi connectivity index (χ1v) is 10.8. The van der Waals surface area contributed by atoms with Crippen molar-refractivity contribution >= 4 is 29.1 Å². The maximum absolute atomic E-state index is 13.2. The minimum Gasteiger partial charge on any atom is -0.399 e. The fraction of sp³-hybridized carbons (Fsp3) is 0.619. The van der Waals surface area contributed by atoms with Crippen LogP contribution in [0.15, 0.2) is 18.2 Å². The summed E-state index contributed by atoms with van der Waals surface area (Å²) in [5, 5.41) is 3.26. The molecule has 0 aromatic heterocycles. The minimum absolute atomic E-state index is 0.0243. The van der Waals surface area contributed by atoms with Crippen molar-refractivity contribution in [1.82, 2.24) is 15.1 Å². The first-order chi connectivity index (χ1) is 14.2. The Hall–Kier alpha value is -1.93. The van der Waals surface area contributed by atoms with Gasteiger partial charge in [-0.05, 0) is 42.5 Å². The largest absolute Gasteiger partial charge is 0.399 e. The number of carbonyl (C=O) groups excluding carboxylic acids is 2. The standard InChI is InChI=1S/C21H29ClF2N4O2/c22-17-9-16(10-18(25)12-17)14-27-5-7-28(8-6-27)20(30)13-26-19(29)11-15-1-3-21(23,24)4-2-15/h9-10,12,15H,1-8,11,13-14,25H2,(H,26,29). The van der Waals surface area contributed by atoms with Crippen molar-refractivity contribution in [2.75, 3.05) is 38.5 Å². The number of hydrogen-bond donors (Lipinski definition) is 2. The van der Waals surface area contributed by atoms with Crippen LogP contribution in [0, 0.1) is 5.92 Å². The van der Waals surface area contributed by atoms with Gasteiger partial charge in [-0.2, -0.15) is 0 Å². The van der Waals surface area contributed by atoms with Crippen LogP contribution < -0.4 is 11.1 Å². The van der Waals surface area contributed by atoms with Crippen LogP contribution in [0.25, 0.3) is 0 Å². The zero-order valence-electron chi connectivity index (χ0n) is 17.0. The maximum Gasteiger partial charge on any atom is 0.248 e. The summed E-state index contributed by atoms with van der Waals surface area (Å²) in [7, 11) is 0. The second kappa shape index (κ2) is 9.92. The summed E-state index contributed by atoms with van der Waals surface area (Å²) < 4.78 is 26.4. The number of nitrogens with two attached hydrogens (primary N) is 1. The molecule has 30 heavy (non-hydrogen) atoms. The highest BCUT2D eigenvalue weighted by Crippen LogP contribution is 2.37. The first kappa shape index (κ1) is 22.7. The van der Waals surface area contributed by atoms with Crippen molar-refractivity contribution in [2.45, 2.75) is 44.6 Å². The van der Waals surface area contributed by atoms with E-state index in [9.17, 15) is 18.4 Å². The van der Waals surface area contributed by atoms with Crippen LogP contribution in [0.4, 0.5) is 14.5 Å². The number of nitrogens with zero attached hydrogens (tertiary/aromatic N) is 2. The highest BCUT2D eigenvalue weighted by atomic mass is 35.5. The normalized spacial score (nSPS) is 20.2. The molecule has 3 N–H and O–H groups in total. The lowest BCUT2D eigenvalue weighted by molar-refractivity contribution is -0.134. The second-order valence-corrected chi connectivity index (χ2v) is 8.77. The van der Waals surface area contributed by atoms with Gasteiger partial charge in [-0.3, -0.25) is 14.5 Å². The van der Waals surface area contributed by atoms with Crippen molar-refractivity contribution in [3.63, 3.8) is 0 Å². The van der Waals surface area contributed by atoms with Crippen LogP contribution in [0.3, 0.4) is 0 Å². The van der Waals surface area contributed by atoms with Gasteiger partial charge in [0.15, 0.2) is 0 Å². The maximum atomic E-state index is 13.2. The predicted octanol–water partition coefficient (Wildman–Crippen LogP) is 2.90. The van der Waals surface area contributed by atoms with Gasteiger partial charge in [0, 0.05) is 62.7 Å². The smallest absolute Gasteiger partial charge is 0.248 e. The second-order valence-electron chi connectivity index (χ2n) is 8.33. The third-order valence-electron chi connectivity index (χ3n) is 5.86. The Bertz CT molecular complexity index is 739. The highest BCUT2D eigenvalue weighted by molar-refractivity contribution is 6.30. The van der Waals surface area contributed by atoms with E-state index in [1.54, 1.807) is 11.0 Å². The first-order valence-electron chi connectivity index (χ1n) is 10.4. The number of carbonyl (C=O) groups is 2. The average molecular weight is 443 g/mol. The summed E-state index contributed by atoms with van der Waals surface area (Å²) in [5.74, 6) is -2.98. The number of nitrogens with one attached hydrogen (secondary N) is 1. The quantitative estimate of drug-likeness (QED) is 0.664. The van der Waals surface area contributed by atoms with Gasteiger partial charge >= 0.3 is 0 Å². The Labute approximate surface area is 180 Å². The molecule has 1 saturated heterocycles. The van der Waals surface area contributed by atoms with Crippen LogP contribution in [-0.2, 0) is 16.1 Å². The van der Waals surface area contributed by atoms with Crippen LogP contribution in [0.2, 0.25) is 5.02 Å². The molecule has 0 unspecified atom stereocenters. The molecule has 2 amide bonds. The molecule has 0 bridgehead atoms. The monoisotopic (exact) mass is 442 g/mol. The Balaban J connectivity index is 1.35. The average Bonchev–Trinajstić information content (AvgIpc) is 2.67. The molecule has 0 atom stereocenters. The molecule has 1 saturated carbocycles. The van der Waals surface area contributed by atoms with E-state index in [1.807, 2.05) is 12.1 Å². The number of amides is 2. The van der Waals surface area contributed by atoms with E-state index in [1.165, 1.54) is 0 Å². The summed E-state index contributed by atoms with van der Waals surface area (Å²) in [5.41, 5.74) is 7.49. The molecule has 9 heteroatoms. The van der Waals surface area contributed by atoms with Crippen LogP contribution in [0.1, 0.15) is 37.7 Å². The molecule has 1 aliphatic heterocycles. The van der Waals surface area contributed by atoms with E-state index >= 15 is 0 Å². The van der Waals surface area contributed by atoms with Crippen molar-refractivity contribution in [2.24, 2.45) is 5.92 Å². The summed E-state index contributed by atoms with van der Waals surface area (Å²) in [6.07, 6.45) is 0.606. The van der Waals surface area contributed by atoms with Crippen LogP contribution in [0.5, 0.6) is 0 Å². The predicted molar refractivity (Wildman–Crippen MR) is 112 cm³/mol. The number of alkyl halides is 2. The van der Waals surface area contributed by atoms with Crippen molar-refractivity contribution in [3.8, 4) is 0 Å². The fourth-order valence-corrected chi connectivity index (χ4v) is 4.37. The van der Waals surface area contributed by atoms with Gasteiger partial charge in [0.05, 0.1) is 6.54 Å². The fourth-order valence-electron chi connectivity index (χ4n) is 4.10. The number of anilines is 1. The molecule has 3 rings (SSSR count). The highest BCUT2D eigenvalue weighted by Gasteiger charge is 2.35. The van der Waals surface area contributed by atoms with Crippen LogP contribution >= 0.6 is 11.6 Å². The molecular formula is C21H29ClF2N4O2. The molecule has 1 aromatic carbocycles. The van der Waals surface area contributed by atoms with Gasteiger partial charge in [-0.1, -0.05) is 11.6 Å². The molecule has 0 radical (unpaired) electrons. The topological polar surface area (TPSA) is 78.7 Å². The zero-order valence-corrected chi connectivity index (χ0v) is 17.8. The molecule has 2 fully saturated rings. The van der Waals surface area contributed by atoms with E-state index < -0.39 is 5.92 Å². The number of piperazine rings is 1. The van der Waals surface area contributed by atoms with Crippen molar-refractivity contribution < 1.29 is 18.4 Å². The van der Waals surface area contributed by atoms with E-state index in [0.717, 1.165) is 18.7 Å². The Morgan fingerprint density at radius 3 is 2.43 bits per heavy atom. The Kier molecular flexibility index (Phi) is 7.52. The molecule has 0 spiro atoms. The zero-order chi connectivity index (χ0) is 21.7. The molecule has 166 valence electrons. The minimum atomic E-state index is -2.59. The SMILES string of the molecule is Nc1cc(Cl)cc(CN2CCN(C(=O)CNC(=O)CC3CCC(F)(F)CC3)CC2)c1. The summed E-state index contributed by atoms with van der Waals surface area (Å²) in [6.45, 7) is 3.28. The molecule has 6 nitrogen and oxygen atoms in total. The van der Waals surface area contributed by atoms with Crippen molar-refractivity contribution in [3.05, 3.63) is 28.8 Å². The van der Waals surface area contributed by atoms with Gasteiger partial charge < -0.3 is 16.0 Å². The lowest BCUT2D eigenvalue weighted by Gasteiger charge is -2.35. The van der Waals surface area contributed by atoms with Gasteiger partial charge in [0.1, 0.15) is 0 Å². The van der Waals surface area contributed by atoms with Crippen molar-refractivity contribution in [1.29, 1.82) is 0 Å². The van der Waals surface area contributed by atoms with E-state index in [0.29, 0.717) is 43.2 Å². The summed E-state index contributed by atoms with van der Waals surface area (Å²) in [6, 6.07) is 5.49. The van der Waals surface area contributed by atoms with Gasteiger partial charge in [-0.15, -0.1) is 0 Å². The molecule has 1 aliphatic carbocycles. The lowest BCUT2D eigenvalue weighted by Crippen LogP contribution is -2.50. The van der Waals surface area contributed by atoms with Gasteiger partial charge in [-0.25, -0.2) is 8.78 Å². The molecular weight excluding hydrogens is 414 g/mol. The van der Waals surface area contributed by atoms with Gasteiger partial charge in [0.25, 0.3) is 0 Å². The van der Waals surface area contributed by atoms with E-state index in [-0.39, 0.29) is 43.5 Å².